The lowest BCUT2D eigenvalue weighted by Crippen LogP contribution is -2.51. The van der Waals surface area contributed by atoms with Crippen molar-refractivity contribution in [3.8, 4) is 0 Å². The summed E-state index contributed by atoms with van der Waals surface area (Å²) in [5.41, 5.74) is 0.626. The molecule has 5 nitrogen and oxygen atoms in total. The lowest BCUT2D eigenvalue weighted by atomic mass is 10.1. The first kappa shape index (κ1) is 17.0. The molecule has 1 aliphatic heterocycles. The Morgan fingerprint density at radius 3 is 2.36 bits per heavy atom. The zero-order valence-electron chi connectivity index (χ0n) is 13.6. The number of nitrogens with one attached hydrogen (secondary N) is 1. The summed E-state index contributed by atoms with van der Waals surface area (Å²) in [5, 5.41) is 2.88. The van der Waals surface area contributed by atoms with Crippen LogP contribution in [0.1, 0.15) is 39.2 Å². The summed E-state index contributed by atoms with van der Waals surface area (Å²) in [6.07, 6.45) is 1.26. The van der Waals surface area contributed by atoms with Gasteiger partial charge in [-0.3, -0.25) is 4.79 Å². The number of benzene rings is 1. The highest BCUT2D eigenvalue weighted by atomic mass is 32.2. The number of carbonyl (C=O) groups excluding carboxylic acids is 1. The first-order chi connectivity index (χ1) is 10.1. The molecule has 1 unspecified atom stereocenters. The number of amides is 1. The van der Waals surface area contributed by atoms with Crippen molar-refractivity contribution in [3.05, 3.63) is 29.8 Å². The third-order valence-electron chi connectivity index (χ3n) is 3.63. The average Bonchev–Trinajstić information content (AvgIpc) is 2.87. The van der Waals surface area contributed by atoms with Gasteiger partial charge in [-0.05, 0) is 52.7 Å². The van der Waals surface area contributed by atoms with Crippen LogP contribution in [0.3, 0.4) is 0 Å². The molecule has 1 fully saturated rings. The van der Waals surface area contributed by atoms with Crippen molar-refractivity contribution in [2.75, 3.05) is 6.54 Å². The SMILES string of the molecule is Cc1ccc(S(=O)(=O)N2CCCC2C(=O)NC(C)(C)C)cc1. The molecule has 6 heteroatoms. The number of rotatable bonds is 3. The van der Waals surface area contributed by atoms with Crippen LogP contribution in [0.15, 0.2) is 29.2 Å². The summed E-state index contributed by atoms with van der Waals surface area (Å²) in [5.74, 6) is -0.222. The predicted octanol–water partition coefficient (Wildman–Crippen LogP) is 2.06. The van der Waals surface area contributed by atoms with Gasteiger partial charge in [-0.15, -0.1) is 0 Å². The third-order valence-corrected chi connectivity index (χ3v) is 5.55. The van der Waals surface area contributed by atoms with Gasteiger partial charge in [0.15, 0.2) is 0 Å². The highest BCUT2D eigenvalue weighted by molar-refractivity contribution is 7.89. The Hall–Kier alpha value is -1.40. The van der Waals surface area contributed by atoms with Gasteiger partial charge in [0.1, 0.15) is 6.04 Å². The Morgan fingerprint density at radius 1 is 1.23 bits per heavy atom. The first-order valence-electron chi connectivity index (χ1n) is 7.52. The standard InChI is InChI=1S/C16H24N2O3S/c1-12-7-9-13(10-8-12)22(20,21)18-11-5-6-14(18)15(19)17-16(2,3)4/h7-10,14H,5-6,11H2,1-4H3,(H,17,19). The third kappa shape index (κ3) is 3.67. The van der Waals surface area contributed by atoms with Crippen molar-refractivity contribution < 1.29 is 13.2 Å². The van der Waals surface area contributed by atoms with E-state index in [1.807, 2.05) is 27.7 Å². The monoisotopic (exact) mass is 324 g/mol. The molecule has 2 rings (SSSR count). The molecule has 0 radical (unpaired) electrons. The summed E-state index contributed by atoms with van der Waals surface area (Å²) in [7, 11) is -3.63. The van der Waals surface area contributed by atoms with Crippen molar-refractivity contribution >= 4 is 15.9 Å². The van der Waals surface area contributed by atoms with Gasteiger partial charge in [-0.25, -0.2) is 8.42 Å². The minimum absolute atomic E-state index is 0.222. The number of hydrogen-bond donors (Lipinski definition) is 1. The highest BCUT2D eigenvalue weighted by Crippen LogP contribution is 2.26. The molecular formula is C16H24N2O3S. The second-order valence-electron chi connectivity index (χ2n) is 6.83. The van der Waals surface area contributed by atoms with Crippen LogP contribution >= 0.6 is 0 Å². The van der Waals surface area contributed by atoms with Crippen molar-refractivity contribution in [2.45, 2.75) is 57.0 Å². The maximum absolute atomic E-state index is 12.8. The minimum Gasteiger partial charge on any atom is -0.350 e. The number of carbonyl (C=O) groups is 1. The zero-order valence-corrected chi connectivity index (χ0v) is 14.4. The van der Waals surface area contributed by atoms with Crippen LogP contribution in [0.2, 0.25) is 0 Å². The molecular weight excluding hydrogens is 300 g/mol. The molecule has 1 heterocycles. The fourth-order valence-electron chi connectivity index (χ4n) is 2.59. The largest absolute Gasteiger partial charge is 0.350 e. The molecule has 0 saturated carbocycles. The van der Waals surface area contributed by atoms with Crippen LogP contribution in [0.5, 0.6) is 0 Å². The Labute approximate surface area is 132 Å². The quantitative estimate of drug-likeness (QED) is 0.925. The molecule has 1 saturated heterocycles. The molecule has 0 spiro atoms. The van der Waals surface area contributed by atoms with E-state index in [0.717, 1.165) is 5.56 Å². The van der Waals surface area contributed by atoms with Gasteiger partial charge in [-0.1, -0.05) is 17.7 Å². The lowest BCUT2D eigenvalue weighted by Gasteiger charge is -2.27. The minimum atomic E-state index is -3.63. The van der Waals surface area contributed by atoms with Gasteiger partial charge < -0.3 is 5.32 Å². The summed E-state index contributed by atoms with van der Waals surface area (Å²) in [6.45, 7) is 7.96. The highest BCUT2D eigenvalue weighted by Gasteiger charge is 2.40. The van der Waals surface area contributed by atoms with Crippen molar-refractivity contribution in [2.24, 2.45) is 0 Å². The van der Waals surface area contributed by atoms with Crippen LogP contribution in [0, 0.1) is 6.92 Å². The van der Waals surface area contributed by atoms with E-state index in [4.69, 9.17) is 0 Å². The molecule has 1 atom stereocenters. The van der Waals surface area contributed by atoms with Gasteiger partial charge in [0.2, 0.25) is 15.9 Å². The van der Waals surface area contributed by atoms with Gasteiger partial charge in [0.05, 0.1) is 4.90 Å². The molecule has 1 amide bonds. The Morgan fingerprint density at radius 2 is 1.82 bits per heavy atom. The Bertz CT molecular complexity index is 645. The van der Waals surface area contributed by atoms with Gasteiger partial charge in [0.25, 0.3) is 0 Å². The molecule has 122 valence electrons. The molecule has 22 heavy (non-hydrogen) atoms. The molecule has 1 aliphatic rings. The fourth-order valence-corrected chi connectivity index (χ4v) is 4.24. The summed E-state index contributed by atoms with van der Waals surface area (Å²) in [4.78, 5) is 12.6. The zero-order chi connectivity index (χ0) is 16.5. The van der Waals surface area contributed by atoms with E-state index >= 15 is 0 Å². The van der Waals surface area contributed by atoms with Crippen molar-refractivity contribution in [1.29, 1.82) is 0 Å². The van der Waals surface area contributed by atoms with E-state index in [1.54, 1.807) is 24.3 Å². The smallest absolute Gasteiger partial charge is 0.243 e. The van der Waals surface area contributed by atoms with Crippen LogP contribution in [-0.4, -0.2) is 36.8 Å². The molecule has 0 bridgehead atoms. The summed E-state index contributed by atoms with van der Waals surface area (Å²) in [6, 6.07) is 6.12. The van der Waals surface area contributed by atoms with Gasteiger partial charge in [0, 0.05) is 12.1 Å². The number of aryl methyl sites for hydroxylation is 1. The van der Waals surface area contributed by atoms with E-state index in [-0.39, 0.29) is 16.3 Å². The topological polar surface area (TPSA) is 66.5 Å². The van der Waals surface area contributed by atoms with E-state index in [9.17, 15) is 13.2 Å². The normalized spacial score (nSPS) is 20.1. The Kier molecular flexibility index (Phi) is 4.63. The van der Waals surface area contributed by atoms with E-state index < -0.39 is 16.1 Å². The van der Waals surface area contributed by atoms with Gasteiger partial charge in [-0.2, -0.15) is 4.31 Å². The van der Waals surface area contributed by atoms with E-state index in [2.05, 4.69) is 5.32 Å². The number of sulfonamides is 1. The van der Waals surface area contributed by atoms with E-state index in [1.165, 1.54) is 4.31 Å². The van der Waals surface area contributed by atoms with Crippen LogP contribution in [-0.2, 0) is 14.8 Å². The van der Waals surface area contributed by atoms with Crippen LogP contribution in [0.4, 0.5) is 0 Å². The predicted molar refractivity (Wildman–Crippen MR) is 86.0 cm³/mol. The first-order valence-corrected chi connectivity index (χ1v) is 8.96. The number of hydrogen-bond acceptors (Lipinski definition) is 3. The van der Waals surface area contributed by atoms with E-state index in [0.29, 0.717) is 19.4 Å². The lowest BCUT2D eigenvalue weighted by molar-refractivity contribution is -0.125. The Balaban J connectivity index is 2.26. The van der Waals surface area contributed by atoms with Crippen molar-refractivity contribution in [3.63, 3.8) is 0 Å². The molecule has 0 aromatic heterocycles. The summed E-state index contributed by atoms with van der Waals surface area (Å²) >= 11 is 0. The molecule has 1 aromatic carbocycles. The second-order valence-corrected chi connectivity index (χ2v) is 8.72. The van der Waals surface area contributed by atoms with Crippen LogP contribution < -0.4 is 5.32 Å². The maximum Gasteiger partial charge on any atom is 0.243 e. The van der Waals surface area contributed by atoms with Crippen molar-refractivity contribution in [1.82, 2.24) is 9.62 Å². The van der Waals surface area contributed by atoms with Gasteiger partial charge >= 0.3 is 0 Å². The average molecular weight is 324 g/mol. The number of nitrogens with zero attached hydrogens (tertiary/aromatic N) is 1. The summed E-state index contributed by atoms with van der Waals surface area (Å²) < 4.78 is 26.9. The molecule has 1 N–H and O–H groups in total. The molecule has 1 aromatic rings. The molecule has 0 aliphatic carbocycles. The van der Waals surface area contributed by atoms with Crippen LogP contribution in [0.25, 0.3) is 0 Å². The fraction of sp³-hybridized carbons (Fsp3) is 0.562. The maximum atomic E-state index is 12.8. The second kappa shape index (κ2) is 6.01.